The number of halogens is 5. The third-order valence-corrected chi connectivity index (χ3v) is 13.9. The summed E-state index contributed by atoms with van der Waals surface area (Å²) in [6.07, 6.45) is 6.79. The molecule has 0 atom stereocenters. The zero-order chi connectivity index (χ0) is 57.4. The lowest BCUT2D eigenvalue weighted by Gasteiger charge is -2.29. The van der Waals surface area contributed by atoms with Crippen LogP contribution >= 0.6 is 11.6 Å². The maximum absolute atomic E-state index is 15.4. The molecule has 2 saturated heterocycles. The van der Waals surface area contributed by atoms with E-state index in [-0.39, 0.29) is 38.5 Å². The average Bonchev–Trinajstić information content (AvgIpc) is 3.52. The number of fused-ring (bicyclic) bond motifs is 2. The number of aromatic hydroxyl groups is 2. The highest BCUT2D eigenvalue weighted by atomic mass is 35.5. The Kier molecular flexibility index (Phi) is 17.3. The molecule has 22 heteroatoms. The summed E-state index contributed by atoms with van der Waals surface area (Å²) in [7, 11) is -1.46. The van der Waals surface area contributed by atoms with Crippen LogP contribution in [0.1, 0.15) is 11.1 Å². The molecule has 0 bridgehead atoms. The molecule has 6 N–H and O–H groups in total. The predicted molar refractivity (Wildman–Crippen MR) is 310 cm³/mol. The Balaban J connectivity index is 0.000000159. The van der Waals surface area contributed by atoms with Crippen molar-refractivity contribution in [1.29, 1.82) is 0 Å². The zero-order valence-corrected chi connectivity index (χ0v) is 44.9. The number of pyridine rings is 6. The first kappa shape index (κ1) is 56.3. The highest BCUT2D eigenvalue weighted by Crippen LogP contribution is 2.41. The fourth-order valence-corrected chi connectivity index (χ4v) is 9.61. The van der Waals surface area contributed by atoms with Crippen LogP contribution in [0.15, 0.2) is 146 Å². The topological polar surface area (TPSA) is 207 Å². The van der Waals surface area contributed by atoms with Crippen molar-refractivity contribution < 1.29 is 47.3 Å². The van der Waals surface area contributed by atoms with Gasteiger partial charge in [-0.1, -0.05) is 35.9 Å². The van der Waals surface area contributed by atoms with Gasteiger partial charge in [-0.15, -0.1) is 0 Å². The van der Waals surface area contributed by atoms with Gasteiger partial charge in [0.1, 0.15) is 34.8 Å². The van der Waals surface area contributed by atoms with Crippen molar-refractivity contribution in [1.82, 2.24) is 29.9 Å². The van der Waals surface area contributed by atoms with Gasteiger partial charge in [0, 0.05) is 79.5 Å². The van der Waals surface area contributed by atoms with Crippen molar-refractivity contribution >= 4 is 80.1 Å². The van der Waals surface area contributed by atoms with Gasteiger partial charge in [0.15, 0.2) is 5.15 Å². The molecule has 2 aliphatic heterocycles. The molecule has 82 heavy (non-hydrogen) atoms. The van der Waals surface area contributed by atoms with Crippen molar-refractivity contribution in [3.63, 3.8) is 0 Å². The number of anilines is 6. The third-order valence-electron chi connectivity index (χ3n) is 13.6. The molecule has 10 aromatic rings. The van der Waals surface area contributed by atoms with Gasteiger partial charge in [0.25, 0.3) is 0 Å². The first-order valence-electron chi connectivity index (χ1n) is 25.9. The number of nitrogens with zero attached hydrogens (tertiary/aromatic N) is 8. The molecule has 12 rings (SSSR count). The Labute approximate surface area is 473 Å². The summed E-state index contributed by atoms with van der Waals surface area (Å²) >= 11 is 6.41. The highest BCUT2D eigenvalue weighted by molar-refractivity contribution is 6.58. The van der Waals surface area contributed by atoms with Crippen molar-refractivity contribution in [3.8, 4) is 45.5 Å². The molecule has 0 unspecified atom stereocenters. The summed E-state index contributed by atoms with van der Waals surface area (Å²) in [5.41, 5.74) is 9.37. The molecular formula is C60H52BClF4N10O6. The molecule has 8 heterocycles. The summed E-state index contributed by atoms with van der Waals surface area (Å²) in [5, 5.41) is 43.0. The predicted octanol–water partition coefficient (Wildman–Crippen LogP) is 10.8. The van der Waals surface area contributed by atoms with E-state index in [1.165, 1.54) is 36.4 Å². The van der Waals surface area contributed by atoms with E-state index in [9.17, 15) is 18.3 Å². The van der Waals surface area contributed by atoms with Gasteiger partial charge >= 0.3 is 7.12 Å². The number of benzene rings is 4. The lowest BCUT2D eigenvalue weighted by molar-refractivity contribution is 0.122. The van der Waals surface area contributed by atoms with Crippen LogP contribution in [0, 0.1) is 37.1 Å². The van der Waals surface area contributed by atoms with Crippen molar-refractivity contribution in [2.45, 2.75) is 13.8 Å². The standard InChI is InChI=1S/C30H25F2N5O2.C24H20ClF2N5O.C6H7BO3/c1-18-28(24-4-2-3-9-33-24)35-25-15-20(31)14-23(32)27(25)29(18)36-26-16-21(37-10-12-39-13-11-37)17-34-30(26)19-5-7-22(38)8-6-19;1-14-22(18-4-2-3-5-28-18)30-19-11-15(26)10-17(27)21(19)23(14)31-20-12-16(13-29-24(20)25)32-6-8-33-9-7-32;8-6-3-1-5(2-4-6)7(9)10/h2-9,14-17,38H,10-13H2,1H3,(H,35,36);2-5,10-13H,6-9H2,1H3,(H,30,31);1-4,8-10H. The number of morpholine rings is 2. The Morgan fingerprint density at radius 2 is 0.988 bits per heavy atom. The van der Waals surface area contributed by atoms with Crippen LogP contribution in [0.25, 0.3) is 55.8 Å². The monoisotopic (exact) mass is 1130 g/mol. The van der Waals surface area contributed by atoms with Crippen LogP contribution in [0.5, 0.6) is 11.5 Å². The van der Waals surface area contributed by atoms with E-state index in [1.54, 1.807) is 67.3 Å². The van der Waals surface area contributed by atoms with Crippen molar-refractivity contribution in [3.05, 3.63) is 186 Å². The van der Waals surface area contributed by atoms with Crippen LogP contribution in [0.3, 0.4) is 0 Å². The van der Waals surface area contributed by atoms with E-state index in [4.69, 9.17) is 41.2 Å². The number of rotatable bonds is 10. The van der Waals surface area contributed by atoms with E-state index in [2.05, 4.69) is 45.4 Å². The van der Waals surface area contributed by atoms with Crippen molar-refractivity contribution in [2.75, 3.05) is 73.0 Å². The second-order valence-electron chi connectivity index (χ2n) is 19.0. The average molecular weight is 1130 g/mol. The van der Waals surface area contributed by atoms with Gasteiger partial charge in [-0.05, 0) is 92.1 Å². The van der Waals surface area contributed by atoms with Gasteiger partial charge in [-0.2, -0.15) is 0 Å². The molecular weight excluding hydrogens is 1080 g/mol. The Morgan fingerprint density at radius 1 is 0.537 bits per heavy atom. The third kappa shape index (κ3) is 12.8. The smallest absolute Gasteiger partial charge is 0.488 e. The van der Waals surface area contributed by atoms with E-state index in [0.29, 0.717) is 107 Å². The van der Waals surface area contributed by atoms with Gasteiger partial charge in [-0.25, -0.2) is 32.5 Å². The lowest BCUT2D eigenvalue weighted by Crippen LogP contribution is -2.36. The van der Waals surface area contributed by atoms with E-state index in [1.807, 2.05) is 44.2 Å². The van der Waals surface area contributed by atoms with Gasteiger partial charge < -0.3 is 50.2 Å². The fraction of sp³-hybridized carbons (Fsp3) is 0.167. The molecule has 2 fully saturated rings. The van der Waals surface area contributed by atoms with Gasteiger partial charge in [0.2, 0.25) is 0 Å². The van der Waals surface area contributed by atoms with E-state index in [0.717, 1.165) is 42.2 Å². The number of phenolic OH excluding ortho intramolecular Hbond substituents is 2. The Morgan fingerprint density at radius 3 is 1.45 bits per heavy atom. The molecule has 0 saturated carbocycles. The van der Waals surface area contributed by atoms with Crippen LogP contribution in [-0.2, 0) is 9.47 Å². The summed E-state index contributed by atoms with van der Waals surface area (Å²) in [4.78, 5) is 31.3. The Hall–Kier alpha value is -8.99. The lowest BCUT2D eigenvalue weighted by atomic mass is 9.80. The van der Waals surface area contributed by atoms with Crippen LogP contribution in [-0.4, -0.2) is 110 Å². The first-order chi connectivity index (χ1) is 39.7. The number of aromatic nitrogens is 6. The first-order valence-corrected chi connectivity index (χ1v) is 26.3. The quantitative estimate of drug-likeness (QED) is 0.0428. The normalized spacial score (nSPS) is 13.2. The van der Waals surface area contributed by atoms with Crippen molar-refractivity contribution in [2.24, 2.45) is 0 Å². The molecule has 2 aliphatic rings. The molecule has 6 aromatic heterocycles. The largest absolute Gasteiger partial charge is 0.508 e. The molecule has 0 aliphatic carbocycles. The second kappa shape index (κ2) is 25.2. The Bertz CT molecular complexity index is 3890. The summed E-state index contributed by atoms with van der Waals surface area (Å²) in [6.45, 7) is 9.03. The number of hydrogen-bond donors (Lipinski definition) is 6. The molecule has 16 nitrogen and oxygen atoms in total. The maximum atomic E-state index is 15.4. The number of hydrogen-bond acceptors (Lipinski definition) is 16. The summed E-state index contributed by atoms with van der Waals surface area (Å²) < 4.78 is 69.6. The summed E-state index contributed by atoms with van der Waals surface area (Å²) in [5.74, 6) is -2.61. The van der Waals surface area contributed by atoms with Crippen LogP contribution in [0.4, 0.5) is 51.7 Å². The maximum Gasteiger partial charge on any atom is 0.488 e. The van der Waals surface area contributed by atoms with Gasteiger partial charge in [0.05, 0.1) is 123 Å². The highest BCUT2D eigenvalue weighted by Gasteiger charge is 2.24. The zero-order valence-electron chi connectivity index (χ0n) is 44.2. The van der Waals surface area contributed by atoms with E-state index >= 15 is 4.39 Å². The SMILES string of the molecule is Cc1c(-c2ccccn2)nc2cc(F)cc(F)c2c1Nc1cc(N2CCOCC2)cnc1-c1ccc(O)cc1.Cc1c(-c2ccccn2)nc2cc(F)cc(F)c2c1Nc1cc(N2CCOCC2)cnc1Cl.OB(O)c1ccc(O)cc1. The molecule has 416 valence electrons. The summed E-state index contributed by atoms with van der Waals surface area (Å²) in [6, 6.07) is 31.2. The number of nitrogens with one attached hydrogen (secondary N) is 2. The van der Waals surface area contributed by atoms with Crippen LogP contribution in [0.2, 0.25) is 5.15 Å². The fourth-order valence-electron chi connectivity index (χ4n) is 9.46. The van der Waals surface area contributed by atoms with Gasteiger partial charge in [-0.3, -0.25) is 15.0 Å². The number of phenols is 2. The number of ether oxygens (including phenoxy) is 2. The minimum Gasteiger partial charge on any atom is -0.508 e. The molecule has 0 spiro atoms. The molecule has 0 radical (unpaired) electrons. The minimum absolute atomic E-state index is 0.115. The van der Waals surface area contributed by atoms with E-state index < -0.39 is 30.4 Å². The van der Waals surface area contributed by atoms with Crippen LogP contribution < -0.4 is 25.9 Å². The molecule has 0 amide bonds. The minimum atomic E-state index is -1.46. The second-order valence-corrected chi connectivity index (χ2v) is 19.4. The molecule has 4 aromatic carbocycles.